The zero-order chi connectivity index (χ0) is 18.5. The molecule has 0 saturated carbocycles. The van der Waals surface area contributed by atoms with Crippen LogP contribution in [0.4, 0.5) is 0 Å². The lowest BCUT2D eigenvalue weighted by Gasteiger charge is -2.27. The summed E-state index contributed by atoms with van der Waals surface area (Å²) in [5, 5.41) is 0. The first-order valence-corrected chi connectivity index (χ1v) is 10.7. The minimum atomic E-state index is -0.525. The van der Waals surface area contributed by atoms with Crippen LogP contribution < -0.4 is 4.52 Å². The fourth-order valence-corrected chi connectivity index (χ4v) is 5.18. The van der Waals surface area contributed by atoms with Crippen molar-refractivity contribution >= 4 is 8.15 Å². The Balaban J connectivity index is 2.06. The van der Waals surface area contributed by atoms with Gasteiger partial charge in [-0.05, 0) is 28.8 Å². The van der Waals surface area contributed by atoms with Crippen molar-refractivity contribution < 1.29 is 4.52 Å². The lowest BCUT2D eigenvalue weighted by atomic mass is 9.98. The zero-order valence-electron chi connectivity index (χ0n) is 16.0. The fraction of sp³-hybridized carbons (Fsp3) is 0.250. The van der Waals surface area contributed by atoms with Crippen LogP contribution in [0.15, 0.2) is 78.9 Å². The van der Waals surface area contributed by atoms with E-state index in [2.05, 4.69) is 107 Å². The molecule has 134 valence electrons. The van der Waals surface area contributed by atoms with Gasteiger partial charge in [0.2, 0.25) is 0 Å². The first kappa shape index (κ1) is 18.7. The van der Waals surface area contributed by atoms with Crippen LogP contribution in [-0.4, -0.2) is 11.3 Å². The Morgan fingerprint density at radius 2 is 1.15 bits per heavy atom. The van der Waals surface area contributed by atoms with Gasteiger partial charge in [0.15, 0.2) is 0 Å². The molecule has 0 spiro atoms. The molecule has 3 aromatic carbocycles. The average molecular weight is 362 g/mol. The zero-order valence-corrected chi connectivity index (χ0v) is 16.9. The minimum Gasteiger partial charge on any atom is -0.473 e. The Labute approximate surface area is 158 Å². The highest BCUT2D eigenvalue weighted by atomic mass is 31.1. The standard InChI is InChI=1S/C24H27OP/c1-18(2)26(19(3)4)25-24-16-15-22(20-11-7-5-8-12-20)17-23(24)21-13-9-6-10-14-21/h5-19H,1-4H3. The monoisotopic (exact) mass is 362 g/mol. The van der Waals surface area contributed by atoms with Gasteiger partial charge in [-0.25, -0.2) is 0 Å². The summed E-state index contributed by atoms with van der Waals surface area (Å²) in [4.78, 5) is 0. The van der Waals surface area contributed by atoms with E-state index in [1.807, 2.05) is 0 Å². The van der Waals surface area contributed by atoms with E-state index >= 15 is 0 Å². The minimum absolute atomic E-state index is 0.525. The maximum absolute atomic E-state index is 6.58. The smallest absolute Gasteiger partial charge is 0.131 e. The first-order chi connectivity index (χ1) is 12.6. The lowest BCUT2D eigenvalue weighted by molar-refractivity contribution is 0.595. The van der Waals surface area contributed by atoms with E-state index in [0.717, 1.165) is 5.75 Å². The van der Waals surface area contributed by atoms with E-state index in [1.165, 1.54) is 22.3 Å². The van der Waals surface area contributed by atoms with E-state index in [9.17, 15) is 0 Å². The maximum Gasteiger partial charge on any atom is 0.131 e. The van der Waals surface area contributed by atoms with Crippen LogP contribution in [0.5, 0.6) is 5.75 Å². The second-order valence-electron chi connectivity index (χ2n) is 7.08. The van der Waals surface area contributed by atoms with Crippen LogP contribution >= 0.6 is 8.15 Å². The predicted octanol–water partition coefficient (Wildman–Crippen LogP) is 7.61. The average Bonchev–Trinajstić information content (AvgIpc) is 2.67. The molecule has 0 heterocycles. The van der Waals surface area contributed by atoms with Crippen molar-refractivity contribution in [2.24, 2.45) is 0 Å². The number of hydrogen-bond donors (Lipinski definition) is 0. The van der Waals surface area contributed by atoms with E-state index < -0.39 is 8.15 Å². The molecule has 0 aliphatic heterocycles. The van der Waals surface area contributed by atoms with Gasteiger partial charge in [-0.3, -0.25) is 0 Å². The number of benzene rings is 3. The summed E-state index contributed by atoms with van der Waals surface area (Å²) < 4.78 is 6.58. The maximum atomic E-state index is 6.58. The Morgan fingerprint density at radius 3 is 1.69 bits per heavy atom. The topological polar surface area (TPSA) is 9.23 Å². The van der Waals surface area contributed by atoms with Crippen LogP contribution in [-0.2, 0) is 0 Å². The van der Waals surface area contributed by atoms with Gasteiger partial charge in [-0.15, -0.1) is 0 Å². The van der Waals surface area contributed by atoms with E-state index in [4.69, 9.17) is 4.52 Å². The summed E-state index contributed by atoms with van der Waals surface area (Å²) in [7, 11) is -0.525. The largest absolute Gasteiger partial charge is 0.473 e. The third kappa shape index (κ3) is 4.34. The van der Waals surface area contributed by atoms with Crippen LogP contribution in [0.1, 0.15) is 27.7 Å². The summed E-state index contributed by atoms with van der Waals surface area (Å²) >= 11 is 0. The van der Waals surface area contributed by atoms with Crippen molar-refractivity contribution in [1.82, 2.24) is 0 Å². The highest BCUT2D eigenvalue weighted by molar-refractivity contribution is 7.54. The van der Waals surface area contributed by atoms with Crippen LogP contribution in [0.2, 0.25) is 0 Å². The van der Waals surface area contributed by atoms with Crippen molar-refractivity contribution in [2.45, 2.75) is 39.0 Å². The second kappa shape index (κ2) is 8.52. The molecule has 0 saturated heterocycles. The molecule has 3 rings (SSSR count). The van der Waals surface area contributed by atoms with Gasteiger partial charge >= 0.3 is 0 Å². The molecule has 0 radical (unpaired) electrons. The molecule has 0 atom stereocenters. The SMILES string of the molecule is CC(C)P(Oc1ccc(-c2ccccc2)cc1-c1ccccc1)C(C)C. The molecule has 0 aromatic heterocycles. The molecule has 2 heteroatoms. The first-order valence-electron chi connectivity index (χ1n) is 9.27. The number of rotatable bonds is 6. The van der Waals surface area contributed by atoms with Gasteiger partial charge in [-0.2, -0.15) is 0 Å². The van der Waals surface area contributed by atoms with Gasteiger partial charge in [0.1, 0.15) is 5.75 Å². The Morgan fingerprint density at radius 1 is 0.615 bits per heavy atom. The van der Waals surface area contributed by atoms with Gasteiger partial charge in [0.05, 0.1) is 8.15 Å². The van der Waals surface area contributed by atoms with Gasteiger partial charge in [0, 0.05) is 16.9 Å². The molecule has 0 N–H and O–H groups in total. The van der Waals surface area contributed by atoms with Gasteiger partial charge in [-0.1, -0.05) is 94.4 Å². The summed E-state index contributed by atoms with van der Waals surface area (Å²) in [6.45, 7) is 9.02. The summed E-state index contributed by atoms with van der Waals surface area (Å²) in [6, 6.07) is 27.6. The second-order valence-corrected chi connectivity index (χ2v) is 10.0. The molecule has 3 aromatic rings. The van der Waals surface area contributed by atoms with Crippen molar-refractivity contribution in [1.29, 1.82) is 0 Å². The third-order valence-electron chi connectivity index (χ3n) is 4.39. The number of hydrogen-bond acceptors (Lipinski definition) is 1. The third-order valence-corrected chi connectivity index (χ3v) is 6.84. The van der Waals surface area contributed by atoms with E-state index in [1.54, 1.807) is 0 Å². The fourth-order valence-electron chi connectivity index (χ4n) is 3.18. The molecule has 0 fully saturated rings. The van der Waals surface area contributed by atoms with Gasteiger partial charge < -0.3 is 4.52 Å². The van der Waals surface area contributed by atoms with E-state index in [-0.39, 0.29) is 0 Å². The Kier molecular flexibility index (Phi) is 6.12. The predicted molar refractivity (Wildman–Crippen MR) is 115 cm³/mol. The molecule has 1 nitrogen and oxygen atoms in total. The quantitative estimate of drug-likeness (QED) is 0.410. The van der Waals surface area contributed by atoms with Crippen molar-refractivity contribution in [2.75, 3.05) is 0 Å². The van der Waals surface area contributed by atoms with Crippen LogP contribution in [0, 0.1) is 0 Å². The van der Waals surface area contributed by atoms with Crippen LogP contribution in [0.3, 0.4) is 0 Å². The summed E-state index contributed by atoms with van der Waals surface area (Å²) in [5.41, 5.74) is 5.87. The molecule has 0 bridgehead atoms. The lowest BCUT2D eigenvalue weighted by Crippen LogP contribution is -2.08. The van der Waals surface area contributed by atoms with Crippen molar-refractivity contribution in [3.05, 3.63) is 78.9 Å². The highest BCUT2D eigenvalue weighted by Gasteiger charge is 2.21. The molecular weight excluding hydrogens is 335 g/mol. The molecule has 0 unspecified atom stereocenters. The van der Waals surface area contributed by atoms with E-state index in [0.29, 0.717) is 11.3 Å². The Bertz CT molecular complexity index is 817. The summed E-state index contributed by atoms with van der Waals surface area (Å²) in [5.74, 6) is 0.990. The highest BCUT2D eigenvalue weighted by Crippen LogP contribution is 2.49. The van der Waals surface area contributed by atoms with Crippen molar-refractivity contribution in [3.63, 3.8) is 0 Å². The summed E-state index contributed by atoms with van der Waals surface area (Å²) in [6.07, 6.45) is 0. The van der Waals surface area contributed by atoms with Crippen molar-refractivity contribution in [3.8, 4) is 28.0 Å². The molecule has 0 aliphatic rings. The van der Waals surface area contributed by atoms with Crippen LogP contribution in [0.25, 0.3) is 22.3 Å². The Hall–Kier alpha value is -2.11. The molecular formula is C24H27OP. The molecule has 26 heavy (non-hydrogen) atoms. The van der Waals surface area contributed by atoms with Gasteiger partial charge in [0.25, 0.3) is 0 Å². The molecule has 0 aliphatic carbocycles. The molecule has 0 amide bonds. The normalized spacial score (nSPS) is 11.3.